The number of aromatic nitrogens is 4. The van der Waals surface area contributed by atoms with Gasteiger partial charge in [0.1, 0.15) is 12.9 Å². The molecule has 0 aliphatic carbocycles. The third-order valence-corrected chi connectivity index (χ3v) is 4.03. The number of aliphatic hydroxyl groups is 1. The fourth-order valence-electron chi connectivity index (χ4n) is 2.91. The molecule has 22 heavy (non-hydrogen) atoms. The van der Waals surface area contributed by atoms with Gasteiger partial charge in [0.25, 0.3) is 0 Å². The van der Waals surface area contributed by atoms with Crippen molar-refractivity contribution >= 4 is 5.91 Å². The molecule has 1 fully saturated rings. The van der Waals surface area contributed by atoms with Crippen LogP contribution in [0.1, 0.15) is 17.5 Å². The molecular weight excluding hydrogens is 282 g/mol. The van der Waals surface area contributed by atoms with E-state index in [-0.39, 0.29) is 19.1 Å². The number of nitrogens with zero attached hydrogens (tertiary/aromatic N) is 5. The summed E-state index contributed by atoms with van der Waals surface area (Å²) in [7, 11) is 0. The van der Waals surface area contributed by atoms with Crippen molar-refractivity contribution in [2.24, 2.45) is 5.92 Å². The number of rotatable bonds is 5. The zero-order valence-electron chi connectivity index (χ0n) is 12.3. The van der Waals surface area contributed by atoms with Gasteiger partial charge in [-0.25, -0.2) is 4.68 Å². The maximum Gasteiger partial charge on any atom is 0.244 e. The molecule has 1 aliphatic heterocycles. The standard InChI is InChI=1S/C15H19N5O2/c21-10-14-3-1-2-12(7-14)6-13-4-5-19(8-13)15(22)9-20-11-16-17-18-20/h1-3,7,11,13,21H,4-6,8-10H2/t13-/m1/s1. The fraction of sp³-hybridized carbons (Fsp3) is 0.467. The van der Waals surface area contributed by atoms with Crippen LogP contribution in [0.4, 0.5) is 0 Å². The molecule has 1 aromatic carbocycles. The lowest BCUT2D eigenvalue weighted by atomic mass is 9.97. The number of hydrogen-bond donors (Lipinski definition) is 1. The molecule has 0 radical (unpaired) electrons. The van der Waals surface area contributed by atoms with Gasteiger partial charge in [-0.1, -0.05) is 24.3 Å². The number of aliphatic hydroxyl groups excluding tert-OH is 1. The highest BCUT2D eigenvalue weighted by molar-refractivity contribution is 5.76. The minimum absolute atomic E-state index is 0.0545. The monoisotopic (exact) mass is 301 g/mol. The van der Waals surface area contributed by atoms with Gasteiger partial charge in [-0.2, -0.15) is 0 Å². The smallest absolute Gasteiger partial charge is 0.244 e. The Bertz CT molecular complexity index is 629. The summed E-state index contributed by atoms with van der Waals surface area (Å²) < 4.78 is 1.44. The molecule has 1 aromatic heterocycles. The third-order valence-electron chi connectivity index (χ3n) is 4.03. The first-order chi connectivity index (χ1) is 10.7. The summed E-state index contributed by atoms with van der Waals surface area (Å²) in [6.07, 6.45) is 3.39. The molecule has 1 aliphatic rings. The number of likely N-dealkylation sites (tertiary alicyclic amines) is 1. The highest BCUT2D eigenvalue weighted by Crippen LogP contribution is 2.21. The minimum Gasteiger partial charge on any atom is -0.392 e. The molecule has 0 unspecified atom stereocenters. The largest absolute Gasteiger partial charge is 0.392 e. The molecule has 7 nitrogen and oxygen atoms in total. The first-order valence-electron chi connectivity index (χ1n) is 7.42. The molecule has 0 spiro atoms. The molecule has 2 aromatic rings. The molecule has 1 atom stereocenters. The van der Waals surface area contributed by atoms with E-state index in [0.717, 1.165) is 31.5 Å². The molecule has 116 valence electrons. The quantitative estimate of drug-likeness (QED) is 0.856. The van der Waals surface area contributed by atoms with Crippen molar-refractivity contribution in [3.05, 3.63) is 41.7 Å². The van der Waals surface area contributed by atoms with E-state index in [0.29, 0.717) is 5.92 Å². The van der Waals surface area contributed by atoms with Gasteiger partial charge < -0.3 is 10.0 Å². The van der Waals surface area contributed by atoms with Gasteiger partial charge in [-0.3, -0.25) is 4.79 Å². The van der Waals surface area contributed by atoms with E-state index in [1.165, 1.54) is 16.6 Å². The van der Waals surface area contributed by atoms with Crippen LogP contribution in [0.25, 0.3) is 0 Å². The fourth-order valence-corrected chi connectivity index (χ4v) is 2.91. The number of amides is 1. The zero-order valence-corrected chi connectivity index (χ0v) is 12.3. The van der Waals surface area contributed by atoms with E-state index in [9.17, 15) is 9.90 Å². The number of benzene rings is 1. The Kier molecular flexibility index (Phi) is 4.43. The lowest BCUT2D eigenvalue weighted by Crippen LogP contribution is -2.32. The molecule has 1 N–H and O–H groups in total. The van der Waals surface area contributed by atoms with Gasteiger partial charge in [-0.15, -0.1) is 5.10 Å². The van der Waals surface area contributed by atoms with Crippen molar-refractivity contribution < 1.29 is 9.90 Å². The maximum absolute atomic E-state index is 12.2. The normalized spacial score (nSPS) is 17.9. The summed E-state index contributed by atoms with van der Waals surface area (Å²) in [6, 6.07) is 7.99. The van der Waals surface area contributed by atoms with Crippen molar-refractivity contribution in [3.8, 4) is 0 Å². The van der Waals surface area contributed by atoms with Crippen LogP contribution in [0, 0.1) is 5.92 Å². The van der Waals surface area contributed by atoms with Gasteiger partial charge in [-0.05, 0) is 40.3 Å². The molecule has 0 bridgehead atoms. The summed E-state index contributed by atoms with van der Waals surface area (Å²) in [5.41, 5.74) is 2.15. The first-order valence-corrected chi connectivity index (χ1v) is 7.42. The Morgan fingerprint density at radius 1 is 1.36 bits per heavy atom. The Balaban J connectivity index is 1.54. The van der Waals surface area contributed by atoms with Crippen molar-refractivity contribution in [2.75, 3.05) is 13.1 Å². The number of carbonyl (C=O) groups is 1. The molecule has 3 rings (SSSR count). The summed E-state index contributed by atoms with van der Waals surface area (Å²) in [5.74, 6) is 0.519. The Morgan fingerprint density at radius 3 is 3.00 bits per heavy atom. The van der Waals surface area contributed by atoms with Gasteiger partial charge in [0.2, 0.25) is 5.91 Å². The summed E-state index contributed by atoms with van der Waals surface area (Å²) in [4.78, 5) is 14.1. The second-order valence-corrected chi connectivity index (χ2v) is 5.68. The molecule has 0 saturated carbocycles. The Morgan fingerprint density at radius 2 is 2.23 bits per heavy atom. The van der Waals surface area contributed by atoms with E-state index in [2.05, 4.69) is 21.6 Å². The van der Waals surface area contributed by atoms with Crippen molar-refractivity contribution in [3.63, 3.8) is 0 Å². The summed E-state index contributed by atoms with van der Waals surface area (Å²) >= 11 is 0. The number of tetrazole rings is 1. The Hall–Kier alpha value is -2.28. The van der Waals surface area contributed by atoms with Crippen LogP contribution in [0.2, 0.25) is 0 Å². The van der Waals surface area contributed by atoms with E-state index in [1.54, 1.807) is 0 Å². The van der Waals surface area contributed by atoms with E-state index < -0.39 is 0 Å². The second-order valence-electron chi connectivity index (χ2n) is 5.68. The van der Waals surface area contributed by atoms with Gasteiger partial charge in [0, 0.05) is 13.1 Å². The van der Waals surface area contributed by atoms with Gasteiger partial charge >= 0.3 is 0 Å². The van der Waals surface area contributed by atoms with Crippen LogP contribution in [-0.4, -0.2) is 49.2 Å². The highest BCUT2D eigenvalue weighted by atomic mass is 16.3. The SMILES string of the molecule is O=C(Cn1cnnn1)N1CC[C@H](Cc2cccc(CO)c2)C1. The second kappa shape index (κ2) is 6.65. The van der Waals surface area contributed by atoms with Crippen LogP contribution in [0.3, 0.4) is 0 Å². The Labute approximate surface area is 128 Å². The minimum atomic E-state index is 0.0545. The average molecular weight is 301 g/mol. The van der Waals surface area contributed by atoms with Crippen molar-refractivity contribution in [1.29, 1.82) is 0 Å². The third kappa shape index (κ3) is 3.48. The van der Waals surface area contributed by atoms with E-state index >= 15 is 0 Å². The molecule has 7 heteroatoms. The lowest BCUT2D eigenvalue weighted by Gasteiger charge is -2.16. The summed E-state index contributed by atoms with van der Waals surface area (Å²) in [6.45, 7) is 1.81. The topological polar surface area (TPSA) is 84.1 Å². The zero-order chi connectivity index (χ0) is 15.4. The first kappa shape index (κ1) is 14.6. The molecule has 1 amide bonds. The highest BCUT2D eigenvalue weighted by Gasteiger charge is 2.26. The maximum atomic E-state index is 12.2. The van der Waals surface area contributed by atoms with Crippen molar-refractivity contribution in [1.82, 2.24) is 25.1 Å². The predicted octanol–water partition coefficient (Wildman–Crippen LogP) is 0.257. The average Bonchev–Trinajstić information content (AvgIpc) is 3.19. The predicted molar refractivity (Wildman–Crippen MR) is 78.6 cm³/mol. The molecule has 2 heterocycles. The number of carbonyl (C=O) groups excluding carboxylic acids is 1. The molecular formula is C15H19N5O2. The number of hydrogen-bond acceptors (Lipinski definition) is 5. The van der Waals surface area contributed by atoms with Gasteiger partial charge in [0.05, 0.1) is 6.61 Å². The molecule has 1 saturated heterocycles. The van der Waals surface area contributed by atoms with Crippen molar-refractivity contribution in [2.45, 2.75) is 26.0 Å². The van der Waals surface area contributed by atoms with Crippen LogP contribution in [0.5, 0.6) is 0 Å². The van der Waals surface area contributed by atoms with Gasteiger partial charge in [0.15, 0.2) is 0 Å². The van der Waals surface area contributed by atoms with E-state index in [1.807, 2.05) is 23.1 Å². The summed E-state index contributed by atoms with van der Waals surface area (Å²) in [5, 5.41) is 20.0. The van der Waals surface area contributed by atoms with E-state index in [4.69, 9.17) is 0 Å². The van der Waals surface area contributed by atoms with Crippen LogP contribution in [0.15, 0.2) is 30.6 Å². The van der Waals surface area contributed by atoms with Crippen LogP contribution in [-0.2, 0) is 24.4 Å². The van der Waals surface area contributed by atoms with Crippen LogP contribution >= 0.6 is 0 Å². The lowest BCUT2D eigenvalue weighted by molar-refractivity contribution is -0.131. The van der Waals surface area contributed by atoms with Crippen LogP contribution < -0.4 is 0 Å².